The number of ether oxygens (including phenoxy) is 5. The van der Waals surface area contributed by atoms with Gasteiger partial charge in [-0.2, -0.15) is 5.10 Å². The number of carbonyl (C=O) groups is 3. The molecule has 0 aromatic heterocycles. The molecule has 204 valence electrons. The maximum Gasteiger partial charge on any atom is 0.345 e. The van der Waals surface area contributed by atoms with E-state index in [1.54, 1.807) is 36.4 Å². The normalized spacial score (nSPS) is 10.5. The van der Waals surface area contributed by atoms with Crippen molar-refractivity contribution in [2.75, 3.05) is 35.0 Å². The van der Waals surface area contributed by atoms with Crippen LogP contribution in [0.25, 0.3) is 0 Å². The van der Waals surface area contributed by atoms with Gasteiger partial charge in [0.2, 0.25) is 5.75 Å². The van der Waals surface area contributed by atoms with Crippen LogP contribution in [0, 0.1) is 0 Å². The second kappa shape index (κ2) is 13.7. The highest BCUT2D eigenvalue weighted by Crippen LogP contribution is 2.38. The zero-order valence-corrected chi connectivity index (χ0v) is 22.3. The smallest absolute Gasteiger partial charge is 0.345 e. The van der Waals surface area contributed by atoms with Gasteiger partial charge < -0.3 is 29.0 Å². The molecule has 0 aliphatic carbocycles. The van der Waals surface area contributed by atoms with Crippen LogP contribution in [-0.4, -0.2) is 59.0 Å². The summed E-state index contributed by atoms with van der Waals surface area (Å²) in [5.41, 5.74) is 3.29. The second-order valence-corrected chi connectivity index (χ2v) is 8.08. The van der Waals surface area contributed by atoms with Crippen molar-refractivity contribution in [3.05, 3.63) is 76.3 Å². The number of hydrazone groups is 1. The highest BCUT2D eigenvalue weighted by molar-refractivity contribution is 6.33. The average molecular weight is 556 g/mol. The third kappa shape index (κ3) is 7.39. The van der Waals surface area contributed by atoms with Crippen LogP contribution in [0.15, 0.2) is 59.7 Å². The van der Waals surface area contributed by atoms with E-state index in [0.29, 0.717) is 22.8 Å². The van der Waals surface area contributed by atoms with Gasteiger partial charge in [0.15, 0.2) is 23.0 Å². The van der Waals surface area contributed by atoms with Gasteiger partial charge in [0.1, 0.15) is 0 Å². The first kappa shape index (κ1) is 28.8. The number of amides is 2. The van der Waals surface area contributed by atoms with E-state index in [1.807, 2.05) is 0 Å². The van der Waals surface area contributed by atoms with Gasteiger partial charge in [-0.25, -0.2) is 10.2 Å². The molecule has 12 heteroatoms. The molecular formula is C27H26ClN3O8. The van der Waals surface area contributed by atoms with Crippen molar-refractivity contribution in [2.24, 2.45) is 5.10 Å². The van der Waals surface area contributed by atoms with Crippen molar-refractivity contribution in [3.63, 3.8) is 0 Å². The topological polar surface area (TPSA) is 134 Å². The van der Waals surface area contributed by atoms with Crippen molar-refractivity contribution >= 4 is 35.6 Å². The van der Waals surface area contributed by atoms with Crippen LogP contribution < -0.4 is 34.4 Å². The summed E-state index contributed by atoms with van der Waals surface area (Å²) in [5, 5.41) is 6.64. The number of hydrogen-bond acceptors (Lipinski definition) is 9. The standard InChI is InChI=1S/C27H26ClN3O8/c1-35-21-11-16(9-10-20(21)39-27(34)18-7-5-6-8-19(18)28)14-30-31-24(32)15-29-26(33)17-12-22(36-2)25(38-4)23(13-17)37-3/h5-14H,15H2,1-4H3,(H,29,33)(H,31,32). The zero-order chi connectivity index (χ0) is 28.4. The van der Waals surface area contributed by atoms with Crippen LogP contribution in [0.1, 0.15) is 26.3 Å². The molecule has 0 atom stereocenters. The molecule has 0 spiro atoms. The monoisotopic (exact) mass is 555 g/mol. The number of nitrogens with one attached hydrogen (secondary N) is 2. The molecule has 0 saturated heterocycles. The number of halogens is 1. The van der Waals surface area contributed by atoms with E-state index >= 15 is 0 Å². The summed E-state index contributed by atoms with van der Waals surface area (Å²) < 4.78 is 26.4. The Bertz CT molecular complexity index is 1370. The molecule has 0 heterocycles. The lowest BCUT2D eigenvalue weighted by Crippen LogP contribution is -2.34. The molecule has 11 nitrogen and oxygen atoms in total. The Morgan fingerprint density at radius 2 is 1.51 bits per heavy atom. The first-order valence-electron chi connectivity index (χ1n) is 11.4. The summed E-state index contributed by atoms with van der Waals surface area (Å²) in [4.78, 5) is 37.1. The van der Waals surface area contributed by atoms with Crippen molar-refractivity contribution in [3.8, 4) is 28.7 Å². The van der Waals surface area contributed by atoms with Crippen LogP contribution in [0.2, 0.25) is 5.02 Å². The molecule has 0 bridgehead atoms. The van der Waals surface area contributed by atoms with E-state index in [0.717, 1.165) is 0 Å². The number of benzene rings is 3. The number of esters is 1. The Morgan fingerprint density at radius 3 is 2.13 bits per heavy atom. The molecule has 0 aliphatic heterocycles. The fourth-order valence-electron chi connectivity index (χ4n) is 3.32. The lowest BCUT2D eigenvalue weighted by Gasteiger charge is -2.14. The number of methoxy groups -OCH3 is 4. The van der Waals surface area contributed by atoms with Gasteiger partial charge in [-0.15, -0.1) is 0 Å². The third-order valence-electron chi connectivity index (χ3n) is 5.22. The molecular weight excluding hydrogens is 530 g/mol. The molecule has 0 aliphatic rings. The van der Waals surface area contributed by atoms with Crippen molar-refractivity contribution < 1.29 is 38.1 Å². The summed E-state index contributed by atoms with van der Waals surface area (Å²) in [6.07, 6.45) is 1.36. The van der Waals surface area contributed by atoms with Gasteiger partial charge in [-0.1, -0.05) is 23.7 Å². The minimum atomic E-state index is -0.638. The summed E-state index contributed by atoms with van der Waals surface area (Å²) in [6, 6.07) is 14.1. The molecule has 3 rings (SSSR count). The quantitative estimate of drug-likeness (QED) is 0.159. The van der Waals surface area contributed by atoms with E-state index < -0.39 is 17.8 Å². The maximum atomic E-state index is 12.5. The van der Waals surface area contributed by atoms with Gasteiger partial charge in [-0.3, -0.25) is 9.59 Å². The fraction of sp³-hybridized carbons (Fsp3) is 0.185. The summed E-state index contributed by atoms with van der Waals surface area (Å²) in [6.45, 7) is -0.340. The SMILES string of the molecule is COc1cc(C=NNC(=O)CNC(=O)c2cc(OC)c(OC)c(OC)c2)ccc1OC(=O)c1ccccc1Cl. The van der Waals surface area contributed by atoms with Crippen LogP contribution in [0.5, 0.6) is 28.7 Å². The largest absolute Gasteiger partial charge is 0.493 e. The highest BCUT2D eigenvalue weighted by atomic mass is 35.5. The van der Waals surface area contributed by atoms with E-state index in [-0.39, 0.29) is 34.2 Å². The molecule has 3 aromatic carbocycles. The minimum absolute atomic E-state index is 0.179. The zero-order valence-electron chi connectivity index (χ0n) is 21.6. The maximum absolute atomic E-state index is 12.5. The van der Waals surface area contributed by atoms with E-state index in [9.17, 15) is 14.4 Å². The number of carbonyl (C=O) groups excluding carboxylic acids is 3. The molecule has 2 N–H and O–H groups in total. The number of nitrogens with zero attached hydrogens (tertiary/aromatic N) is 1. The van der Waals surface area contributed by atoms with Crippen LogP contribution in [0.3, 0.4) is 0 Å². The van der Waals surface area contributed by atoms with Gasteiger partial charge in [0, 0.05) is 5.56 Å². The summed E-state index contributed by atoms with van der Waals surface area (Å²) in [7, 11) is 5.73. The van der Waals surface area contributed by atoms with Crippen LogP contribution >= 0.6 is 11.6 Å². The predicted octanol–water partition coefficient (Wildman–Crippen LogP) is 3.47. The first-order chi connectivity index (χ1) is 18.8. The van der Waals surface area contributed by atoms with Crippen molar-refractivity contribution in [2.45, 2.75) is 0 Å². The van der Waals surface area contributed by atoms with E-state index in [4.69, 9.17) is 35.3 Å². The number of hydrogen-bond donors (Lipinski definition) is 2. The lowest BCUT2D eigenvalue weighted by atomic mass is 10.1. The fourth-order valence-corrected chi connectivity index (χ4v) is 3.54. The van der Waals surface area contributed by atoms with Crippen molar-refractivity contribution in [1.82, 2.24) is 10.7 Å². The Labute approximate surface area is 229 Å². The van der Waals surface area contributed by atoms with E-state index in [1.165, 1.54) is 52.9 Å². The molecule has 0 radical (unpaired) electrons. The average Bonchev–Trinajstić information content (AvgIpc) is 2.95. The van der Waals surface area contributed by atoms with Crippen LogP contribution in [-0.2, 0) is 4.79 Å². The van der Waals surface area contributed by atoms with Gasteiger partial charge in [-0.05, 0) is 48.0 Å². The first-order valence-corrected chi connectivity index (χ1v) is 11.7. The van der Waals surface area contributed by atoms with Gasteiger partial charge in [0.05, 0.1) is 51.8 Å². The highest BCUT2D eigenvalue weighted by Gasteiger charge is 2.18. The Morgan fingerprint density at radius 1 is 0.846 bits per heavy atom. The van der Waals surface area contributed by atoms with Crippen LogP contribution in [0.4, 0.5) is 0 Å². The number of rotatable bonds is 11. The Kier molecular flexibility index (Phi) is 10.1. The van der Waals surface area contributed by atoms with Crippen molar-refractivity contribution in [1.29, 1.82) is 0 Å². The molecule has 0 fully saturated rings. The lowest BCUT2D eigenvalue weighted by molar-refractivity contribution is -0.120. The minimum Gasteiger partial charge on any atom is -0.493 e. The van der Waals surface area contributed by atoms with Gasteiger partial charge >= 0.3 is 5.97 Å². The van der Waals surface area contributed by atoms with E-state index in [2.05, 4.69) is 15.8 Å². The molecule has 0 saturated carbocycles. The summed E-state index contributed by atoms with van der Waals surface area (Å²) >= 11 is 6.05. The Hall–Kier alpha value is -4.77. The van der Waals surface area contributed by atoms with Gasteiger partial charge in [0.25, 0.3) is 11.8 Å². The second-order valence-electron chi connectivity index (χ2n) is 7.67. The third-order valence-corrected chi connectivity index (χ3v) is 5.55. The molecule has 0 unspecified atom stereocenters. The predicted molar refractivity (Wildman–Crippen MR) is 144 cm³/mol. The molecule has 39 heavy (non-hydrogen) atoms. The molecule has 3 aromatic rings. The molecule has 2 amide bonds. The summed E-state index contributed by atoms with van der Waals surface area (Å²) in [5.74, 6) is -0.341. The Balaban J connectivity index is 1.57.